The van der Waals surface area contributed by atoms with E-state index in [9.17, 15) is 9.59 Å². The number of carbonyl (C=O) groups excluding carboxylic acids is 2. The SMILES string of the molecule is COc1cc(NC(=O)CCN)c(NC(=O)c2cccnc2)cc1OC. The van der Waals surface area contributed by atoms with Crippen LogP contribution in [0.1, 0.15) is 16.8 Å². The molecule has 0 fully saturated rings. The molecule has 0 spiro atoms. The van der Waals surface area contributed by atoms with Crippen molar-refractivity contribution < 1.29 is 19.1 Å². The summed E-state index contributed by atoms with van der Waals surface area (Å²) in [5, 5.41) is 5.45. The highest BCUT2D eigenvalue weighted by atomic mass is 16.5. The van der Waals surface area contributed by atoms with Crippen molar-refractivity contribution in [2.45, 2.75) is 6.42 Å². The topological polar surface area (TPSA) is 116 Å². The number of nitrogens with two attached hydrogens (primary N) is 1. The minimum Gasteiger partial charge on any atom is -0.493 e. The highest BCUT2D eigenvalue weighted by Gasteiger charge is 2.16. The lowest BCUT2D eigenvalue weighted by atomic mass is 10.2. The number of hydrogen-bond donors (Lipinski definition) is 3. The molecule has 0 saturated carbocycles. The summed E-state index contributed by atoms with van der Waals surface area (Å²) in [6.45, 7) is 0.219. The van der Waals surface area contributed by atoms with Crippen LogP contribution in [0.4, 0.5) is 11.4 Å². The number of benzene rings is 1. The van der Waals surface area contributed by atoms with Gasteiger partial charge >= 0.3 is 0 Å². The monoisotopic (exact) mass is 344 g/mol. The van der Waals surface area contributed by atoms with Gasteiger partial charge in [0.1, 0.15) is 0 Å². The van der Waals surface area contributed by atoms with Crippen molar-refractivity contribution in [3.05, 3.63) is 42.2 Å². The zero-order valence-corrected chi connectivity index (χ0v) is 14.0. The quantitative estimate of drug-likeness (QED) is 0.703. The van der Waals surface area contributed by atoms with E-state index in [4.69, 9.17) is 15.2 Å². The van der Waals surface area contributed by atoms with Gasteiger partial charge in [0.2, 0.25) is 5.91 Å². The molecule has 2 rings (SSSR count). The van der Waals surface area contributed by atoms with Crippen molar-refractivity contribution >= 4 is 23.2 Å². The molecule has 0 aliphatic heterocycles. The molecule has 2 amide bonds. The van der Waals surface area contributed by atoms with Crippen LogP contribution in [-0.2, 0) is 4.79 Å². The number of carbonyl (C=O) groups is 2. The van der Waals surface area contributed by atoms with Gasteiger partial charge in [-0.05, 0) is 12.1 Å². The number of pyridine rings is 1. The molecule has 0 bridgehead atoms. The predicted molar refractivity (Wildman–Crippen MR) is 94.0 cm³/mol. The number of rotatable bonds is 7. The molecule has 1 aromatic carbocycles. The Morgan fingerprint density at radius 3 is 2.28 bits per heavy atom. The van der Waals surface area contributed by atoms with E-state index in [1.165, 1.54) is 20.4 Å². The van der Waals surface area contributed by atoms with Gasteiger partial charge in [0, 0.05) is 37.5 Å². The molecule has 2 aromatic rings. The highest BCUT2D eigenvalue weighted by molar-refractivity contribution is 6.07. The zero-order chi connectivity index (χ0) is 18.2. The number of ether oxygens (including phenoxy) is 2. The molecule has 25 heavy (non-hydrogen) atoms. The zero-order valence-electron chi connectivity index (χ0n) is 14.0. The summed E-state index contributed by atoms with van der Waals surface area (Å²) in [7, 11) is 2.97. The van der Waals surface area contributed by atoms with Crippen molar-refractivity contribution in [1.82, 2.24) is 4.98 Å². The first-order chi connectivity index (χ1) is 12.1. The minimum atomic E-state index is -0.366. The Labute approximate surface area is 145 Å². The van der Waals surface area contributed by atoms with Gasteiger partial charge in [0.25, 0.3) is 5.91 Å². The molecule has 1 aromatic heterocycles. The Hall–Kier alpha value is -3.13. The molecule has 0 atom stereocenters. The van der Waals surface area contributed by atoms with E-state index in [0.717, 1.165) is 0 Å². The largest absolute Gasteiger partial charge is 0.493 e. The van der Waals surface area contributed by atoms with Crippen molar-refractivity contribution in [2.24, 2.45) is 5.73 Å². The van der Waals surface area contributed by atoms with E-state index in [1.807, 2.05) is 0 Å². The molecular weight excluding hydrogens is 324 g/mol. The maximum Gasteiger partial charge on any atom is 0.257 e. The third kappa shape index (κ3) is 4.67. The predicted octanol–water partition coefficient (Wildman–Crippen LogP) is 1.64. The summed E-state index contributed by atoms with van der Waals surface area (Å²) in [6, 6.07) is 6.44. The van der Waals surface area contributed by atoms with E-state index in [2.05, 4.69) is 15.6 Å². The Morgan fingerprint density at radius 2 is 1.76 bits per heavy atom. The fraction of sp³-hybridized carbons (Fsp3) is 0.235. The number of nitrogens with one attached hydrogen (secondary N) is 2. The van der Waals surface area contributed by atoms with Gasteiger partial charge in [0.15, 0.2) is 11.5 Å². The average Bonchev–Trinajstić information content (AvgIpc) is 2.63. The van der Waals surface area contributed by atoms with Gasteiger partial charge in [-0.2, -0.15) is 0 Å². The molecule has 1 heterocycles. The van der Waals surface area contributed by atoms with Gasteiger partial charge in [0.05, 0.1) is 31.2 Å². The average molecular weight is 344 g/mol. The fourth-order valence-corrected chi connectivity index (χ4v) is 2.12. The second-order valence-corrected chi connectivity index (χ2v) is 5.04. The second-order valence-electron chi connectivity index (χ2n) is 5.04. The molecule has 0 saturated heterocycles. The first kappa shape index (κ1) is 18.2. The lowest BCUT2D eigenvalue weighted by Gasteiger charge is -2.16. The summed E-state index contributed by atoms with van der Waals surface area (Å²) in [5.74, 6) is 0.201. The van der Waals surface area contributed by atoms with E-state index in [-0.39, 0.29) is 24.8 Å². The van der Waals surface area contributed by atoms with Crippen LogP contribution in [0.3, 0.4) is 0 Å². The molecule has 8 nitrogen and oxygen atoms in total. The number of nitrogens with zero attached hydrogens (tertiary/aromatic N) is 1. The van der Waals surface area contributed by atoms with Crippen molar-refractivity contribution in [2.75, 3.05) is 31.4 Å². The lowest BCUT2D eigenvalue weighted by molar-refractivity contribution is -0.116. The third-order valence-electron chi connectivity index (χ3n) is 3.34. The van der Waals surface area contributed by atoms with E-state index >= 15 is 0 Å². The standard InChI is InChI=1S/C17H20N4O4/c1-24-14-8-12(20-16(22)5-6-18)13(9-15(14)25-2)21-17(23)11-4-3-7-19-10-11/h3-4,7-10H,5-6,18H2,1-2H3,(H,20,22)(H,21,23). The van der Waals surface area contributed by atoms with Crippen LogP contribution in [0.5, 0.6) is 11.5 Å². The molecular formula is C17H20N4O4. The van der Waals surface area contributed by atoms with Crippen LogP contribution in [0.2, 0.25) is 0 Å². The summed E-state index contributed by atoms with van der Waals surface area (Å²) in [5.41, 5.74) is 6.54. The smallest absolute Gasteiger partial charge is 0.257 e. The summed E-state index contributed by atoms with van der Waals surface area (Å²) < 4.78 is 10.5. The molecule has 0 aliphatic carbocycles. The van der Waals surface area contributed by atoms with Crippen LogP contribution in [-0.4, -0.2) is 37.6 Å². The summed E-state index contributed by atoms with van der Waals surface area (Å²) >= 11 is 0. The number of methoxy groups -OCH3 is 2. The van der Waals surface area contributed by atoms with Crippen molar-refractivity contribution in [3.8, 4) is 11.5 Å². The van der Waals surface area contributed by atoms with Gasteiger partial charge in [-0.1, -0.05) is 0 Å². The number of amides is 2. The first-order valence-electron chi connectivity index (χ1n) is 7.56. The van der Waals surface area contributed by atoms with Gasteiger partial charge in [-0.3, -0.25) is 14.6 Å². The maximum absolute atomic E-state index is 12.4. The molecule has 0 unspecified atom stereocenters. The Balaban J connectivity index is 2.35. The molecule has 0 radical (unpaired) electrons. The van der Waals surface area contributed by atoms with Crippen LogP contribution in [0, 0.1) is 0 Å². The second kappa shape index (κ2) is 8.65. The van der Waals surface area contributed by atoms with Crippen molar-refractivity contribution in [3.63, 3.8) is 0 Å². The molecule has 0 aliphatic rings. The van der Waals surface area contributed by atoms with Crippen molar-refractivity contribution in [1.29, 1.82) is 0 Å². The van der Waals surface area contributed by atoms with Crippen LogP contribution >= 0.6 is 0 Å². The van der Waals surface area contributed by atoms with Crippen LogP contribution in [0.25, 0.3) is 0 Å². The van der Waals surface area contributed by atoms with Crippen LogP contribution in [0.15, 0.2) is 36.7 Å². The fourth-order valence-electron chi connectivity index (χ4n) is 2.12. The number of hydrogen-bond acceptors (Lipinski definition) is 6. The van der Waals surface area contributed by atoms with E-state index < -0.39 is 0 Å². The normalized spacial score (nSPS) is 10.0. The molecule has 4 N–H and O–H groups in total. The Morgan fingerprint density at radius 1 is 1.12 bits per heavy atom. The molecule has 8 heteroatoms. The highest BCUT2D eigenvalue weighted by Crippen LogP contribution is 2.36. The van der Waals surface area contributed by atoms with Gasteiger partial charge in [-0.15, -0.1) is 0 Å². The van der Waals surface area contributed by atoms with E-state index in [0.29, 0.717) is 28.4 Å². The summed E-state index contributed by atoms with van der Waals surface area (Å²) in [4.78, 5) is 28.2. The third-order valence-corrected chi connectivity index (χ3v) is 3.34. The Bertz CT molecular complexity index is 750. The summed E-state index contributed by atoms with van der Waals surface area (Å²) in [6.07, 6.45) is 3.18. The number of aromatic nitrogens is 1. The van der Waals surface area contributed by atoms with Gasteiger partial charge in [-0.25, -0.2) is 0 Å². The Kier molecular flexibility index (Phi) is 6.30. The van der Waals surface area contributed by atoms with Gasteiger partial charge < -0.3 is 25.8 Å². The number of anilines is 2. The van der Waals surface area contributed by atoms with Crippen LogP contribution < -0.4 is 25.8 Å². The maximum atomic E-state index is 12.4. The lowest BCUT2D eigenvalue weighted by Crippen LogP contribution is -2.19. The van der Waals surface area contributed by atoms with E-state index in [1.54, 1.807) is 30.5 Å². The molecule has 132 valence electrons. The first-order valence-corrected chi connectivity index (χ1v) is 7.56. The minimum absolute atomic E-state index is 0.157.